The van der Waals surface area contributed by atoms with Crippen LogP contribution in [-0.4, -0.2) is 83.5 Å². The molecule has 7 nitrogen and oxygen atoms in total. The van der Waals surface area contributed by atoms with Crippen LogP contribution in [0, 0.1) is 10.8 Å². The van der Waals surface area contributed by atoms with Crippen LogP contribution in [0.15, 0.2) is 0 Å². The van der Waals surface area contributed by atoms with Gasteiger partial charge in [0.15, 0.2) is 0 Å². The molecule has 0 aromatic heterocycles. The van der Waals surface area contributed by atoms with Gasteiger partial charge in [-0.05, 0) is 12.8 Å². The van der Waals surface area contributed by atoms with Gasteiger partial charge in [-0.15, -0.1) is 0 Å². The Hall–Kier alpha value is -0.280. The van der Waals surface area contributed by atoms with Crippen LogP contribution in [0.2, 0.25) is 0 Å². The van der Waals surface area contributed by atoms with Crippen LogP contribution in [0.4, 0.5) is 0 Å². The first-order valence-electron chi connectivity index (χ1n) is 6.30. The molecule has 0 bridgehead atoms. The molecule has 19 heavy (non-hydrogen) atoms. The van der Waals surface area contributed by atoms with Crippen molar-refractivity contribution in [3.05, 3.63) is 0 Å². The molecule has 0 aliphatic rings. The summed E-state index contributed by atoms with van der Waals surface area (Å²) in [6, 6.07) is 0. The Bertz CT molecular complexity index is 176. The van der Waals surface area contributed by atoms with Gasteiger partial charge in [0.05, 0.1) is 39.6 Å². The largest absolute Gasteiger partial charge is 0.396 e. The zero-order valence-corrected chi connectivity index (χ0v) is 11.2. The van der Waals surface area contributed by atoms with Crippen molar-refractivity contribution in [1.29, 1.82) is 0 Å². The van der Waals surface area contributed by atoms with Crippen molar-refractivity contribution >= 4 is 0 Å². The summed E-state index contributed by atoms with van der Waals surface area (Å²) >= 11 is 0. The van der Waals surface area contributed by atoms with Crippen molar-refractivity contribution in [2.75, 3.05) is 52.9 Å². The van der Waals surface area contributed by atoms with Crippen LogP contribution in [0.3, 0.4) is 0 Å². The van der Waals surface area contributed by atoms with Crippen LogP contribution >= 0.6 is 0 Å². The van der Waals surface area contributed by atoms with Crippen LogP contribution in [0.25, 0.3) is 0 Å². The molecular formula is C12H26O7. The summed E-state index contributed by atoms with van der Waals surface area (Å²) in [5, 5.41) is 54.6. The molecule has 6 N–H and O–H groups in total. The Kier molecular flexibility index (Phi) is 9.46. The predicted molar refractivity (Wildman–Crippen MR) is 67.4 cm³/mol. The Morgan fingerprint density at radius 3 is 1.00 bits per heavy atom. The Morgan fingerprint density at radius 2 is 0.789 bits per heavy atom. The highest BCUT2D eigenvalue weighted by Crippen LogP contribution is 2.22. The number of hydrogen-bond donors (Lipinski definition) is 6. The Balaban J connectivity index is 3.98. The molecular weight excluding hydrogens is 256 g/mol. The zero-order valence-electron chi connectivity index (χ0n) is 11.2. The molecule has 0 saturated heterocycles. The van der Waals surface area contributed by atoms with E-state index in [0.717, 1.165) is 0 Å². The zero-order chi connectivity index (χ0) is 14.8. The molecule has 0 saturated carbocycles. The molecule has 0 rings (SSSR count). The van der Waals surface area contributed by atoms with E-state index in [1.807, 2.05) is 0 Å². The average Bonchev–Trinajstić information content (AvgIpc) is 2.48. The minimum absolute atomic E-state index is 0.222. The first-order valence-corrected chi connectivity index (χ1v) is 6.30. The second-order valence-electron chi connectivity index (χ2n) is 5.06. The lowest BCUT2D eigenvalue weighted by molar-refractivity contribution is -0.0395. The number of aliphatic hydroxyl groups excluding tert-OH is 6. The fourth-order valence-electron chi connectivity index (χ4n) is 1.45. The third-order valence-corrected chi connectivity index (χ3v) is 3.57. The van der Waals surface area contributed by atoms with E-state index in [4.69, 9.17) is 35.4 Å². The summed E-state index contributed by atoms with van der Waals surface area (Å²) in [6.45, 7) is -1.57. The van der Waals surface area contributed by atoms with E-state index < -0.39 is 10.8 Å². The summed E-state index contributed by atoms with van der Waals surface area (Å²) in [6.07, 6.45) is 0.585. The molecule has 0 unspecified atom stereocenters. The quantitative estimate of drug-likeness (QED) is 0.222. The summed E-state index contributed by atoms with van der Waals surface area (Å²) in [7, 11) is 0. The van der Waals surface area contributed by atoms with E-state index in [-0.39, 0.29) is 52.9 Å². The fraction of sp³-hybridized carbons (Fsp3) is 1.00. The lowest BCUT2D eigenvalue weighted by Crippen LogP contribution is -2.36. The molecule has 0 aliphatic carbocycles. The van der Waals surface area contributed by atoms with Gasteiger partial charge in [-0.2, -0.15) is 0 Å². The molecule has 0 spiro atoms. The summed E-state index contributed by atoms with van der Waals surface area (Å²) in [5.41, 5.74) is -1.91. The second kappa shape index (κ2) is 9.60. The first-order chi connectivity index (χ1) is 9.07. The molecule has 0 radical (unpaired) electrons. The van der Waals surface area contributed by atoms with E-state index in [1.165, 1.54) is 0 Å². The highest BCUT2D eigenvalue weighted by atomic mass is 16.5. The van der Waals surface area contributed by atoms with Crippen molar-refractivity contribution in [2.24, 2.45) is 10.8 Å². The van der Waals surface area contributed by atoms with Gasteiger partial charge in [0.25, 0.3) is 0 Å². The Morgan fingerprint density at radius 1 is 0.526 bits per heavy atom. The maximum atomic E-state index is 9.10. The van der Waals surface area contributed by atoms with Gasteiger partial charge in [-0.1, -0.05) is 0 Å². The molecule has 0 fully saturated rings. The van der Waals surface area contributed by atoms with Crippen molar-refractivity contribution in [2.45, 2.75) is 12.8 Å². The molecule has 0 amide bonds. The first kappa shape index (κ1) is 18.7. The van der Waals surface area contributed by atoms with Gasteiger partial charge in [0, 0.05) is 24.0 Å². The van der Waals surface area contributed by atoms with Crippen LogP contribution in [0.5, 0.6) is 0 Å². The van der Waals surface area contributed by atoms with Gasteiger partial charge >= 0.3 is 0 Å². The third kappa shape index (κ3) is 5.70. The molecule has 0 atom stereocenters. The second-order valence-corrected chi connectivity index (χ2v) is 5.06. The lowest BCUT2D eigenvalue weighted by atomic mass is 9.87. The van der Waals surface area contributed by atoms with E-state index in [0.29, 0.717) is 12.8 Å². The van der Waals surface area contributed by atoms with Crippen LogP contribution in [-0.2, 0) is 4.74 Å². The topological polar surface area (TPSA) is 131 Å². The van der Waals surface area contributed by atoms with Gasteiger partial charge in [-0.3, -0.25) is 0 Å². The predicted octanol–water partition coefficient (Wildman–Crippen LogP) is -2.29. The molecule has 116 valence electrons. The minimum atomic E-state index is -0.956. The number of aliphatic hydroxyl groups is 6. The highest BCUT2D eigenvalue weighted by Gasteiger charge is 2.29. The van der Waals surface area contributed by atoms with E-state index in [9.17, 15) is 0 Å². The number of ether oxygens (including phenoxy) is 1. The van der Waals surface area contributed by atoms with Crippen LogP contribution in [0.1, 0.15) is 12.8 Å². The smallest absolute Gasteiger partial charge is 0.0532 e. The summed E-state index contributed by atoms with van der Waals surface area (Å²) < 4.78 is 5.29. The SMILES string of the molecule is OCC(CO)(CO)CCOCCC(CO)(CO)CO. The highest BCUT2D eigenvalue weighted by molar-refractivity contribution is 4.78. The normalized spacial score (nSPS) is 12.9. The maximum Gasteiger partial charge on any atom is 0.0532 e. The number of rotatable bonds is 12. The molecule has 0 heterocycles. The minimum Gasteiger partial charge on any atom is -0.396 e. The van der Waals surface area contributed by atoms with Gasteiger partial charge in [-0.25, -0.2) is 0 Å². The molecule has 0 aromatic carbocycles. The van der Waals surface area contributed by atoms with Gasteiger partial charge in [0.2, 0.25) is 0 Å². The summed E-state index contributed by atoms with van der Waals surface area (Å²) in [5.74, 6) is 0. The Labute approximate surface area is 113 Å². The fourth-order valence-corrected chi connectivity index (χ4v) is 1.45. The third-order valence-electron chi connectivity index (χ3n) is 3.57. The molecule has 0 aromatic rings. The van der Waals surface area contributed by atoms with Crippen molar-refractivity contribution < 1.29 is 35.4 Å². The monoisotopic (exact) mass is 282 g/mol. The van der Waals surface area contributed by atoms with Crippen molar-refractivity contribution in [3.63, 3.8) is 0 Å². The molecule has 0 aliphatic heterocycles. The standard InChI is InChI=1S/C12H26O7/c13-5-11(6-14,7-15)1-3-19-4-2-12(8-16,9-17)10-18/h13-18H,1-10H2. The lowest BCUT2D eigenvalue weighted by Gasteiger charge is -2.28. The average molecular weight is 282 g/mol. The van der Waals surface area contributed by atoms with E-state index in [1.54, 1.807) is 0 Å². The molecule has 7 heteroatoms. The van der Waals surface area contributed by atoms with Gasteiger partial charge in [0.1, 0.15) is 0 Å². The van der Waals surface area contributed by atoms with Crippen LogP contribution < -0.4 is 0 Å². The number of hydrogen-bond acceptors (Lipinski definition) is 7. The van der Waals surface area contributed by atoms with Crippen molar-refractivity contribution in [3.8, 4) is 0 Å². The van der Waals surface area contributed by atoms with Gasteiger partial charge < -0.3 is 35.4 Å². The summed E-state index contributed by atoms with van der Waals surface area (Å²) in [4.78, 5) is 0. The van der Waals surface area contributed by atoms with E-state index >= 15 is 0 Å². The maximum absolute atomic E-state index is 9.10. The van der Waals surface area contributed by atoms with Crippen molar-refractivity contribution in [1.82, 2.24) is 0 Å². The van der Waals surface area contributed by atoms with E-state index in [2.05, 4.69) is 0 Å².